The monoisotopic (exact) mass is 428 g/mol. The Morgan fingerprint density at radius 3 is 2.37 bits per heavy atom. The molecule has 1 N–H and O–H groups in total. The van der Waals surface area contributed by atoms with Crippen LogP contribution in [0.2, 0.25) is 5.02 Å². The molecule has 30 heavy (non-hydrogen) atoms. The van der Waals surface area contributed by atoms with E-state index in [1.807, 2.05) is 55.5 Å². The van der Waals surface area contributed by atoms with Crippen LogP contribution in [0.3, 0.4) is 0 Å². The summed E-state index contributed by atoms with van der Waals surface area (Å²) in [7, 11) is 0. The highest BCUT2D eigenvalue weighted by molar-refractivity contribution is 6.31. The highest BCUT2D eigenvalue weighted by atomic mass is 35.5. The van der Waals surface area contributed by atoms with Gasteiger partial charge < -0.3 is 10.1 Å². The second-order valence-electron chi connectivity index (χ2n) is 7.92. The molecule has 0 bridgehead atoms. The second-order valence-corrected chi connectivity index (χ2v) is 8.33. The van der Waals surface area contributed by atoms with Crippen molar-refractivity contribution in [3.05, 3.63) is 64.7 Å². The summed E-state index contributed by atoms with van der Waals surface area (Å²) in [5.74, 6) is -0.197. The average Bonchev–Trinajstić information content (AvgIpc) is 2.72. The number of nitrogens with one attached hydrogen (secondary N) is 1. The Kier molecular flexibility index (Phi) is 7.51. The maximum atomic E-state index is 12.9. The molecular weight excluding hydrogens is 400 g/mol. The van der Waals surface area contributed by atoms with Crippen LogP contribution < -0.4 is 5.32 Å². The lowest BCUT2D eigenvalue weighted by molar-refractivity contribution is -0.158. The van der Waals surface area contributed by atoms with Gasteiger partial charge >= 0.3 is 5.97 Å². The summed E-state index contributed by atoms with van der Waals surface area (Å²) in [6.45, 7) is 6.17. The lowest BCUT2D eigenvalue weighted by atomic mass is 9.73. The van der Waals surface area contributed by atoms with Crippen molar-refractivity contribution in [2.45, 2.75) is 39.7 Å². The van der Waals surface area contributed by atoms with Crippen molar-refractivity contribution in [3.63, 3.8) is 0 Å². The van der Waals surface area contributed by atoms with Crippen molar-refractivity contribution in [1.29, 1.82) is 0 Å². The summed E-state index contributed by atoms with van der Waals surface area (Å²) >= 11 is 6.38. The molecule has 0 radical (unpaired) electrons. The Bertz CT molecular complexity index is 874. The molecule has 0 spiro atoms. The van der Waals surface area contributed by atoms with Crippen LogP contribution in [0.25, 0.3) is 0 Å². The summed E-state index contributed by atoms with van der Waals surface area (Å²) in [5.41, 5.74) is 2.44. The van der Waals surface area contributed by atoms with Crippen LogP contribution in [0, 0.1) is 5.41 Å². The number of esters is 1. The minimum absolute atomic E-state index is 0.0763. The summed E-state index contributed by atoms with van der Waals surface area (Å²) < 4.78 is 5.46. The Hall–Kier alpha value is -2.37. The van der Waals surface area contributed by atoms with Crippen molar-refractivity contribution in [3.8, 4) is 0 Å². The number of ether oxygens (including phenoxy) is 1. The van der Waals surface area contributed by atoms with E-state index in [0.29, 0.717) is 18.1 Å². The van der Waals surface area contributed by atoms with Crippen molar-refractivity contribution in [2.24, 2.45) is 5.41 Å². The summed E-state index contributed by atoms with van der Waals surface area (Å²) in [6.07, 6.45) is 2.08. The van der Waals surface area contributed by atoms with Crippen LogP contribution in [0.15, 0.2) is 48.5 Å². The second kappa shape index (κ2) is 10.1. The zero-order valence-corrected chi connectivity index (χ0v) is 18.4. The predicted molar refractivity (Wildman–Crippen MR) is 119 cm³/mol. The quantitative estimate of drug-likeness (QED) is 0.650. The number of benzene rings is 2. The predicted octanol–water partition coefficient (Wildman–Crippen LogP) is 4.69. The minimum atomic E-state index is -0.535. The maximum absolute atomic E-state index is 12.9. The number of hydrogen-bond donors (Lipinski definition) is 1. The van der Waals surface area contributed by atoms with Gasteiger partial charge in [-0.05, 0) is 68.6 Å². The first kappa shape index (κ1) is 22.3. The fraction of sp³-hybridized carbons (Fsp3) is 0.417. The molecule has 1 amide bonds. The van der Waals surface area contributed by atoms with Gasteiger partial charge in [0.15, 0.2) is 0 Å². The molecule has 3 rings (SSSR count). The van der Waals surface area contributed by atoms with Gasteiger partial charge in [-0.15, -0.1) is 0 Å². The van der Waals surface area contributed by atoms with Gasteiger partial charge in [-0.1, -0.05) is 41.9 Å². The molecule has 0 unspecified atom stereocenters. The number of rotatable bonds is 7. The number of carbonyl (C=O) groups excluding carboxylic acids is 2. The molecule has 1 aliphatic rings. The largest absolute Gasteiger partial charge is 0.466 e. The number of halogens is 1. The van der Waals surface area contributed by atoms with Gasteiger partial charge in [0.1, 0.15) is 0 Å². The fourth-order valence-corrected chi connectivity index (χ4v) is 4.24. The Morgan fingerprint density at radius 1 is 1.10 bits per heavy atom. The molecule has 1 aliphatic heterocycles. The Labute approximate surface area is 183 Å². The summed E-state index contributed by atoms with van der Waals surface area (Å²) in [4.78, 5) is 26.4. The van der Waals surface area contributed by atoms with Gasteiger partial charge in [0.25, 0.3) is 0 Å². The topological polar surface area (TPSA) is 58.6 Å². The molecular formula is C24H29ClN2O3. The number of nitrogens with zero attached hydrogens (tertiary/aromatic N) is 1. The minimum Gasteiger partial charge on any atom is -0.466 e. The molecule has 1 saturated heterocycles. The van der Waals surface area contributed by atoms with E-state index < -0.39 is 5.41 Å². The first-order chi connectivity index (χ1) is 14.4. The Morgan fingerprint density at radius 2 is 1.77 bits per heavy atom. The molecule has 0 saturated carbocycles. The van der Waals surface area contributed by atoms with Crippen molar-refractivity contribution in [1.82, 2.24) is 4.90 Å². The van der Waals surface area contributed by atoms with Gasteiger partial charge in [0.05, 0.1) is 12.0 Å². The number of hydrogen-bond acceptors (Lipinski definition) is 4. The zero-order chi connectivity index (χ0) is 21.6. The van der Waals surface area contributed by atoms with E-state index in [2.05, 4.69) is 10.2 Å². The first-order valence-electron chi connectivity index (χ1n) is 10.4. The number of amides is 1. The van der Waals surface area contributed by atoms with Gasteiger partial charge in [-0.25, -0.2) is 0 Å². The number of carbonyl (C=O) groups is 2. The normalized spacial score (nSPS) is 16.1. The van der Waals surface area contributed by atoms with E-state index in [9.17, 15) is 9.59 Å². The van der Waals surface area contributed by atoms with E-state index in [1.165, 1.54) is 12.5 Å². The van der Waals surface area contributed by atoms with Crippen LogP contribution in [0.1, 0.15) is 37.8 Å². The first-order valence-corrected chi connectivity index (χ1v) is 10.8. The highest BCUT2D eigenvalue weighted by Crippen LogP contribution is 2.38. The molecule has 0 aliphatic carbocycles. The van der Waals surface area contributed by atoms with E-state index in [1.54, 1.807) is 0 Å². The van der Waals surface area contributed by atoms with Crippen LogP contribution in [-0.4, -0.2) is 36.5 Å². The van der Waals surface area contributed by atoms with Crippen LogP contribution in [-0.2, 0) is 27.3 Å². The van der Waals surface area contributed by atoms with Gasteiger partial charge in [-0.2, -0.15) is 0 Å². The van der Waals surface area contributed by atoms with Crippen LogP contribution >= 0.6 is 11.6 Å². The van der Waals surface area contributed by atoms with E-state index in [0.717, 1.165) is 43.7 Å². The third-order valence-electron chi connectivity index (χ3n) is 5.69. The third-order valence-corrected chi connectivity index (χ3v) is 6.06. The van der Waals surface area contributed by atoms with Crippen LogP contribution in [0.4, 0.5) is 5.69 Å². The summed E-state index contributed by atoms with van der Waals surface area (Å²) in [5, 5.41) is 3.48. The SMILES string of the molecule is CCOC(=O)C1(Cc2ccccc2Cl)CCN(Cc2ccc(NC(C)=O)cc2)CC1. The Balaban J connectivity index is 1.66. The van der Waals surface area contributed by atoms with E-state index in [4.69, 9.17) is 16.3 Å². The van der Waals surface area contributed by atoms with Crippen LogP contribution in [0.5, 0.6) is 0 Å². The van der Waals surface area contributed by atoms with E-state index in [-0.39, 0.29) is 11.9 Å². The van der Waals surface area contributed by atoms with Crippen molar-refractivity contribution < 1.29 is 14.3 Å². The maximum Gasteiger partial charge on any atom is 0.312 e. The lowest BCUT2D eigenvalue weighted by Crippen LogP contribution is -2.46. The molecule has 1 fully saturated rings. The van der Waals surface area contributed by atoms with Crippen molar-refractivity contribution >= 4 is 29.2 Å². The molecule has 160 valence electrons. The molecule has 6 heteroatoms. The van der Waals surface area contributed by atoms with Crippen molar-refractivity contribution in [2.75, 3.05) is 25.0 Å². The molecule has 0 aromatic heterocycles. The molecule has 2 aromatic carbocycles. The number of piperidine rings is 1. The smallest absolute Gasteiger partial charge is 0.312 e. The van der Waals surface area contributed by atoms with Gasteiger partial charge in [0, 0.05) is 24.2 Å². The molecule has 2 aromatic rings. The standard InChI is InChI=1S/C24H29ClN2O3/c1-3-30-23(29)24(16-20-6-4-5-7-22(20)25)12-14-27(15-13-24)17-19-8-10-21(11-9-19)26-18(2)28/h4-11H,3,12-17H2,1-2H3,(H,26,28). The lowest BCUT2D eigenvalue weighted by Gasteiger charge is -2.40. The molecule has 5 nitrogen and oxygen atoms in total. The van der Waals surface area contributed by atoms with Gasteiger partial charge in [-0.3, -0.25) is 14.5 Å². The average molecular weight is 429 g/mol. The number of anilines is 1. The molecule has 1 heterocycles. The fourth-order valence-electron chi connectivity index (χ4n) is 4.04. The molecule has 0 atom stereocenters. The summed E-state index contributed by atoms with van der Waals surface area (Å²) in [6, 6.07) is 15.6. The number of likely N-dealkylation sites (tertiary alicyclic amines) is 1. The highest BCUT2D eigenvalue weighted by Gasteiger charge is 2.43. The zero-order valence-electron chi connectivity index (χ0n) is 17.6. The van der Waals surface area contributed by atoms with Gasteiger partial charge in [0.2, 0.25) is 5.91 Å². The van der Waals surface area contributed by atoms with E-state index >= 15 is 0 Å². The third kappa shape index (κ3) is 5.61.